The van der Waals surface area contributed by atoms with Gasteiger partial charge in [0.05, 0.1) is 23.7 Å². The Morgan fingerprint density at radius 1 is 1.21 bits per heavy atom. The summed E-state index contributed by atoms with van der Waals surface area (Å²) < 4.78 is 33.2. The number of hydrogen-bond acceptors (Lipinski definition) is 5. The van der Waals surface area contributed by atoms with Gasteiger partial charge in [0.2, 0.25) is 5.95 Å². The van der Waals surface area contributed by atoms with E-state index in [1.165, 1.54) is 19.2 Å². The summed E-state index contributed by atoms with van der Waals surface area (Å²) in [5, 5.41) is 3.01. The third-order valence-electron chi connectivity index (χ3n) is 3.25. The van der Waals surface area contributed by atoms with Gasteiger partial charge < -0.3 is 19.8 Å². The quantitative estimate of drug-likeness (QED) is 0.696. The van der Waals surface area contributed by atoms with Gasteiger partial charge in [0, 0.05) is 5.69 Å². The Morgan fingerprint density at radius 2 is 1.96 bits per heavy atom. The van der Waals surface area contributed by atoms with E-state index in [4.69, 9.17) is 0 Å². The van der Waals surface area contributed by atoms with Crippen molar-refractivity contribution in [2.24, 2.45) is 0 Å². The molecule has 0 aliphatic heterocycles. The summed E-state index contributed by atoms with van der Waals surface area (Å²) in [7, 11) is 1.31. The minimum atomic E-state index is -2.86. The highest BCUT2D eigenvalue weighted by molar-refractivity contribution is 5.94. The number of fused-ring (bicyclic) bond motifs is 1. The summed E-state index contributed by atoms with van der Waals surface area (Å²) >= 11 is 0. The molecule has 0 atom stereocenters. The third kappa shape index (κ3) is 3.43. The number of H-pyrrole nitrogens is 1. The number of carbonyl (C=O) groups excluding carboxylic acids is 1. The van der Waals surface area contributed by atoms with Gasteiger partial charge >= 0.3 is 12.6 Å². The number of nitrogens with one attached hydrogen (secondary N) is 2. The molecule has 0 radical (unpaired) electrons. The van der Waals surface area contributed by atoms with Crippen molar-refractivity contribution in [3.8, 4) is 5.75 Å². The van der Waals surface area contributed by atoms with Crippen molar-refractivity contribution in [1.29, 1.82) is 0 Å². The van der Waals surface area contributed by atoms with Crippen molar-refractivity contribution in [2.45, 2.75) is 6.61 Å². The van der Waals surface area contributed by atoms with Crippen molar-refractivity contribution < 1.29 is 23.0 Å². The van der Waals surface area contributed by atoms with Crippen LogP contribution in [0.3, 0.4) is 0 Å². The first-order valence-electron chi connectivity index (χ1n) is 6.95. The molecule has 8 heteroatoms. The van der Waals surface area contributed by atoms with Gasteiger partial charge in [-0.3, -0.25) is 0 Å². The number of alkyl halides is 2. The largest absolute Gasteiger partial charge is 0.465 e. The lowest BCUT2D eigenvalue weighted by atomic mass is 10.2. The SMILES string of the molecule is COC(=O)c1ccc2nc(Nc3ccc(OC(F)F)cc3)[nH]c2c1. The van der Waals surface area contributed by atoms with Gasteiger partial charge in [-0.2, -0.15) is 8.78 Å². The minimum absolute atomic E-state index is 0.0721. The Labute approximate surface area is 135 Å². The maximum Gasteiger partial charge on any atom is 0.387 e. The fourth-order valence-electron chi connectivity index (χ4n) is 2.17. The van der Waals surface area contributed by atoms with Crippen molar-refractivity contribution in [3.63, 3.8) is 0 Å². The Kier molecular flexibility index (Phi) is 4.28. The molecular weight excluding hydrogens is 320 g/mol. The molecule has 1 aromatic heterocycles. The van der Waals surface area contributed by atoms with Crippen molar-refractivity contribution >= 4 is 28.6 Å². The number of halogens is 2. The van der Waals surface area contributed by atoms with Crippen LogP contribution >= 0.6 is 0 Å². The molecule has 0 spiro atoms. The number of aromatic nitrogens is 2. The minimum Gasteiger partial charge on any atom is -0.465 e. The summed E-state index contributed by atoms with van der Waals surface area (Å²) in [6, 6.07) is 11.0. The van der Waals surface area contributed by atoms with Crippen LogP contribution in [0.25, 0.3) is 11.0 Å². The second-order valence-electron chi connectivity index (χ2n) is 4.84. The molecule has 0 unspecified atom stereocenters. The van der Waals surface area contributed by atoms with E-state index in [1.807, 2.05) is 0 Å². The monoisotopic (exact) mass is 333 g/mol. The third-order valence-corrected chi connectivity index (χ3v) is 3.25. The van der Waals surface area contributed by atoms with Gasteiger partial charge in [-0.25, -0.2) is 9.78 Å². The zero-order chi connectivity index (χ0) is 17.1. The highest BCUT2D eigenvalue weighted by atomic mass is 19.3. The average molecular weight is 333 g/mol. The average Bonchev–Trinajstić information content (AvgIpc) is 2.96. The molecule has 2 N–H and O–H groups in total. The second kappa shape index (κ2) is 6.53. The zero-order valence-corrected chi connectivity index (χ0v) is 12.5. The molecule has 0 bridgehead atoms. The molecule has 0 saturated carbocycles. The fraction of sp³-hybridized carbons (Fsp3) is 0.125. The van der Waals surface area contributed by atoms with E-state index in [0.717, 1.165) is 0 Å². The Balaban J connectivity index is 1.78. The van der Waals surface area contributed by atoms with Crippen LogP contribution in [0.4, 0.5) is 20.4 Å². The smallest absolute Gasteiger partial charge is 0.387 e. The van der Waals surface area contributed by atoms with Crippen molar-refractivity contribution in [2.75, 3.05) is 12.4 Å². The molecule has 124 valence electrons. The molecule has 0 aliphatic carbocycles. The number of imidazole rings is 1. The van der Waals surface area contributed by atoms with E-state index in [-0.39, 0.29) is 5.75 Å². The number of rotatable bonds is 5. The highest BCUT2D eigenvalue weighted by Gasteiger charge is 2.09. The van der Waals surface area contributed by atoms with Crippen LogP contribution in [0.5, 0.6) is 5.75 Å². The van der Waals surface area contributed by atoms with Crippen LogP contribution in [-0.2, 0) is 4.74 Å². The molecule has 3 rings (SSSR count). The molecule has 24 heavy (non-hydrogen) atoms. The first kappa shape index (κ1) is 15.7. The standard InChI is InChI=1S/C16H13F2N3O3/c1-23-14(22)9-2-7-12-13(8-9)21-16(20-12)19-10-3-5-11(6-4-10)24-15(17)18/h2-8,15H,1H3,(H2,19,20,21). The predicted octanol–water partition coefficient (Wildman–Crippen LogP) is 3.69. The molecular formula is C16H13F2N3O3. The summed E-state index contributed by atoms with van der Waals surface area (Å²) in [5.74, 6) is 0.0908. The first-order valence-corrected chi connectivity index (χ1v) is 6.95. The molecule has 0 amide bonds. The van der Waals surface area contributed by atoms with Gasteiger partial charge in [0.1, 0.15) is 5.75 Å². The van der Waals surface area contributed by atoms with Crippen LogP contribution in [0.2, 0.25) is 0 Å². The van der Waals surface area contributed by atoms with Crippen LogP contribution in [0, 0.1) is 0 Å². The highest BCUT2D eigenvalue weighted by Crippen LogP contribution is 2.22. The van der Waals surface area contributed by atoms with E-state index < -0.39 is 12.6 Å². The molecule has 0 saturated heterocycles. The van der Waals surface area contributed by atoms with Gasteiger partial charge in [0.25, 0.3) is 0 Å². The van der Waals surface area contributed by atoms with Gasteiger partial charge in [-0.15, -0.1) is 0 Å². The summed E-state index contributed by atoms with van der Waals surface area (Å²) in [6.07, 6.45) is 0. The fourth-order valence-corrected chi connectivity index (χ4v) is 2.17. The Morgan fingerprint density at radius 3 is 2.62 bits per heavy atom. The lowest BCUT2D eigenvalue weighted by molar-refractivity contribution is -0.0498. The van der Waals surface area contributed by atoms with E-state index in [2.05, 4.69) is 24.8 Å². The zero-order valence-electron chi connectivity index (χ0n) is 12.5. The lowest BCUT2D eigenvalue weighted by Crippen LogP contribution is -2.01. The summed E-state index contributed by atoms with van der Waals surface area (Å²) in [6.45, 7) is -2.86. The maximum absolute atomic E-state index is 12.1. The Bertz CT molecular complexity index is 863. The number of aromatic amines is 1. The molecule has 6 nitrogen and oxygen atoms in total. The van der Waals surface area contributed by atoms with Crippen LogP contribution in [-0.4, -0.2) is 29.7 Å². The van der Waals surface area contributed by atoms with Crippen molar-refractivity contribution in [3.05, 3.63) is 48.0 Å². The predicted molar refractivity (Wildman–Crippen MR) is 83.8 cm³/mol. The number of ether oxygens (including phenoxy) is 2. The van der Waals surface area contributed by atoms with Crippen LogP contribution in [0.1, 0.15) is 10.4 Å². The second-order valence-corrected chi connectivity index (χ2v) is 4.84. The van der Waals surface area contributed by atoms with E-state index in [0.29, 0.717) is 28.2 Å². The van der Waals surface area contributed by atoms with Crippen LogP contribution < -0.4 is 10.1 Å². The van der Waals surface area contributed by atoms with Gasteiger partial charge in [-0.1, -0.05) is 0 Å². The Hall–Kier alpha value is -3.16. The number of nitrogens with zero attached hydrogens (tertiary/aromatic N) is 1. The molecule has 1 heterocycles. The summed E-state index contributed by atoms with van der Waals surface area (Å²) in [5.41, 5.74) is 2.39. The number of methoxy groups -OCH3 is 1. The van der Waals surface area contributed by atoms with E-state index >= 15 is 0 Å². The summed E-state index contributed by atoms with van der Waals surface area (Å²) in [4.78, 5) is 18.9. The normalized spacial score (nSPS) is 10.8. The molecule has 2 aromatic carbocycles. The first-order chi connectivity index (χ1) is 11.5. The van der Waals surface area contributed by atoms with Crippen molar-refractivity contribution in [1.82, 2.24) is 9.97 Å². The molecule has 3 aromatic rings. The number of esters is 1. The van der Waals surface area contributed by atoms with Gasteiger partial charge in [0.15, 0.2) is 0 Å². The molecule has 0 aliphatic rings. The van der Waals surface area contributed by atoms with E-state index in [1.54, 1.807) is 30.3 Å². The van der Waals surface area contributed by atoms with E-state index in [9.17, 15) is 13.6 Å². The topological polar surface area (TPSA) is 76.2 Å². The van der Waals surface area contributed by atoms with Gasteiger partial charge in [-0.05, 0) is 42.5 Å². The number of carbonyl (C=O) groups is 1. The maximum atomic E-state index is 12.1. The molecule has 0 fully saturated rings. The number of hydrogen-bond donors (Lipinski definition) is 2. The lowest BCUT2D eigenvalue weighted by Gasteiger charge is -2.06. The van der Waals surface area contributed by atoms with Crippen LogP contribution in [0.15, 0.2) is 42.5 Å². The number of benzene rings is 2. The number of anilines is 2.